The number of thiophene rings is 1. The van der Waals surface area contributed by atoms with Crippen molar-refractivity contribution in [2.45, 2.75) is 57.4 Å². The highest BCUT2D eigenvalue weighted by atomic mass is 79.9. The Morgan fingerprint density at radius 3 is 2.47 bits per heavy atom. The maximum Gasteiger partial charge on any atom is 0.0285 e. The molecular weight excluding hydrogens is 294 g/mol. The van der Waals surface area contributed by atoms with Crippen molar-refractivity contribution in [3.05, 3.63) is 20.8 Å². The maximum atomic E-state index is 6.40. The first-order chi connectivity index (χ1) is 8.25. The lowest BCUT2D eigenvalue weighted by atomic mass is 9.85. The second-order valence-corrected chi connectivity index (χ2v) is 7.12. The molecule has 0 bridgehead atoms. The van der Waals surface area contributed by atoms with E-state index in [0.29, 0.717) is 6.04 Å². The van der Waals surface area contributed by atoms with E-state index in [1.807, 2.05) is 11.3 Å². The Morgan fingerprint density at radius 1 is 1.24 bits per heavy atom. The van der Waals surface area contributed by atoms with E-state index in [-0.39, 0.29) is 0 Å². The van der Waals surface area contributed by atoms with E-state index in [1.165, 1.54) is 54.3 Å². The van der Waals surface area contributed by atoms with Crippen molar-refractivity contribution in [1.82, 2.24) is 0 Å². The van der Waals surface area contributed by atoms with E-state index >= 15 is 0 Å². The highest BCUT2D eigenvalue weighted by Gasteiger charge is 2.19. The molecule has 1 unspecified atom stereocenters. The summed E-state index contributed by atoms with van der Waals surface area (Å²) in [6.07, 6.45) is 10.8. The van der Waals surface area contributed by atoms with Gasteiger partial charge in [-0.15, -0.1) is 11.3 Å². The predicted molar refractivity (Wildman–Crippen MR) is 79.5 cm³/mol. The molecule has 1 nitrogen and oxygen atoms in total. The average Bonchev–Trinajstić information content (AvgIpc) is 2.63. The second-order valence-electron chi connectivity index (χ2n) is 5.20. The van der Waals surface area contributed by atoms with Crippen LogP contribution in [0, 0.1) is 5.92 Å². The molecular formula is C14H22BrNS. The summed E-state index contributed by atoms with van der Waals surface area (Å²) >= 11 is 5.33. The van der Waals surface area contributed by atoms with Crippen LogP contribution in [0.25, 0.3) is 0 Å². The number of nitrogens with two attached hydrogens (primary N) is 1. The molecule has 0 radical (unpaired) electrons. The van der Waals surface area contributed by atoms with Gasteiger partial charge in [-0.25, -0.2) is 0 Å². The highest BCUT2D eigenvalue weighted by molar-refractivity contribution is 9.10. The van der Waals surface area contributed by atoms with E-state index in [9.17, 15) is 0 Å². The summed E-state index contributed by atoms with van der Waals surface area (Å²) in [5.74, 6) is 0.746. The summed E-state index contributed by atoms with van der Waals surface area (Å²) in [6, 6.07) is 2.58. The van der Waals surface area contributed by atoms with Gasteiger partial charge >= 0.3 is 0 Å². The van der Waals surface area contributed by atoms with Crippen molar-refractivity contribution in [2.75, 3.05) is 0 Å². The first kappa shape index (κ1) is 13.6. The minimum atomic E-state index is 0.360. The lowest BCUT2D eigenvalue weighted by Gasteiger charge is -2.25. The molecule has 1 aromatic rings. The van der Waals surface area contributed by atoms with Crippen LogP contribution in [0.1, 0.15) is 49.8 Å². The molecule has 2 N–H and O–H groups in total. The molecule has 2 rings (SSSR count). The fourth-order valence-electron chi connectivity index (χ4n) is 2.78. The summed E-state index contributed by atoms with van der Waals surface area (Å²) in [5, 5.41) is 2.15. The van der Waals surface area contributed by atoms with Crippen LogP contribution in [-0.4, -0.2) is 6.04 Å². The van der Waals surface area contributed by atoms with Gasteiger partial charge in [0.15, 0.2) is 0 Å². The van der Waals surface area contributed by atoms with Gasteiger partial charge < -0.3 is 5.73 Å². The number of rotatable bonds is 3. The minimum Gasteiger partial charge on any atom is -0.327 e. The molecule has 1 atom stereocenters. The molecule has 0 aliphatic heterocycles. The van der Waals surface area contributed by atoms with Gasteiger partial charge in [0.2, 0.25) is 0 Å². The SMILES string of the molecule is NC(Cc1cc(Br)cs1)C1CCCCCCC1. The van der Waals surface area contributed by atoms with Crippen LogP contribution < -0.4 is 5.73 Å². The molecule has 96 valence electrons. The monoisotopic (exact) mass is 315 g/mol. The van der Waals surface area contributed by atoms with Crippen LogP contribution >= 0.6 is 27.3 Å². The average molecular weight is 316 g/mol. The molecule has 3 heteroatoms. The quantitative estimate of drug-likeness (QED) is 0.856. The summed E-state index contributed by atoms with van der Waals surface area (Å²) in [6.45, 7) is 0. The Morgan fingerprint density at radius 2 is 1.88 bits per heavy atom. The normalized spacial score (nSPS) is 20.8. The Kier molecular flexibility index (Phi) is 5.51. The summed E-state index contributed by atoms with van der Waals surface area (Å²) in [5.41, 5.74) is 6.40. The first-order valence-electron chi connectivity index (χ1n) is 6.74. The smallest absolute Gasteiger partial charge is 0.0285 e. The molecule has 0 saturated heterocycles. The van der Waals surface area contributed by atoms with Gasteiger partial charge in [0.1, 0.15) is 0 Å². The zero-order valence-corrected chi connectivity index (χ0v) is 12.7. The van der Waals surface area contributed by atoms with Gasteiger partial charge in [0.25, 0.3) is 0 Å². The van der Waals surface area contributed by atoms with Crippen LogP contribution in [0.15, 0.2) is 15.9 Å². The third-order valence-electron chi connectivity index (χ3n) is 3.81. The van der Waals surface area contributed by atoms with Gasteiger partial charge in [-0.2, -0.15) is 0 Å². The number of hydrogen-bond donors (Lipinski definition) is 1. The number of halogens is 1. The predicted octanol–water partition coefficient (Wildman–Crippen LogP) is 4.74. The van der Waals surface area contributed by atoms with Crippen molar-refractivity contribution in [3.8, 4) is 0 Å². The highest BCUT2D eigenvalue weighted by Crippen LogP contribution is 2.27. The molecule has 17 heavy (non-hydrogen) atoms. The van der Waals surface area contributed by atoms with Gasteiger partial charge in [0, 0.05) is 20.8 Å². The zero-order valence-electron chi connectivity index (χ0n) is 10.3. The maximum absolute atomic E-state index is 6.40. The lowest BCUT2D eigenvalue weighted by Crippen LogP contribution is -2.32. The van der Waals surface area contributed by atoms with Gasteiger partial charge in [0.05, 0.1) is 0 Å². The Bertz CT molecular complexity index is 329. The van der Waals surface area contributed by atoms with Crippen molar-refractivity contribution in [3.63, 3.8) is 0 Å². The van der Waals surface area contributed by atoms with Crippen LogP contribution in [0.2, 0.25) is 0 Å². The van der Waals surface area contributed by atoms with Gasteiger partial charge in [-0.1, -0.05) is 32.1 Å². The Labute approximate surface area is 117 Å². The van der Waals surface area contributed by atoms with Crippen LogP contribution in [0.5, 0.6) is 0 Å². The van der Waals surface area contributed by atoms with Gasteiger partial charge in [-0.3, -0.25) is 0 Å². The van der Waals surface area contributed by atoms with E-state index in [4.69, 9.17) is 5.73 Å². The topological polar surface area (TPSA) is 26.0 Å². The Hall–Kier alpha value is 0.140. The largest absolute Gasteiger partial charge is 0.327 e. The second kappa shape index (κ2) is 6.91. The fourth-order valence-corrected chi connectivity index (χ4v) is 4.30. The summed E-state index contributed by atoms with van der Waals surface area (Å²) in [4.78, 5) is 1.42. The molecule has 1 heterocycles. The van der Waals surface area contributed by atoms with Crippen molar-refractivity contribution in [1.29, 1.82) is 0 Å². The molecule has 1 aliphatic rings. The van der Waals surface area contributed by atoms with E-state index in [2.05, 4.69) is 27.4 Å². The molecule has 0 aromatic carbocycles. The molecule has 1 aliphatic carbocycles. The summed E-state index contributed by atoms with van der Waals surface area (Å²) in [7, 11) is 0. The third kappa shape index (κ3) is 4.38. The standard InChI is InChI=1S/C14H22BrNS/c15-12-8-13(17-10-12)9-14(16)11-6-4-2-1-3-5-7-11/h8,10-11,14H,1-7,9,16H2. The molecule has 0 amide bonds. The molecule has 1 aromatic heterocycles. The number of hydrogen-bond acceptors (Lipinski definition) is 2. The van der Waals surface area contributed by atoms with Crippen LogP contribution in [0.3, 0.4) is 0 Å². The molecule has 1 saturated carbocycles. The van der Waals surface area contributed by atoms with Crippen molar-refractivity contribution >= 4 is 27.3 Å². The fraction of sp³-hybridized carbons (Fsp3) is 0.714. The van der Waals surface area contributed by atoms with E-state index < -0.39 is 0 Å². The van der Waals surface area contributed by atoms with E-state index in [1.54, 1.807) is 0 Å². The van der Waals surface area contributed by atoms with Gasteiger partial charge in [-0.05, 0) is 47.2 Å². The van der Waals surface area contributed by atoms with Crippen LogP contribution in [0.4, 0.5) is 0 Å². The van der Waals surface area contributed by atoms with E-state index in [0.717, 1.165) is 12.3 Å². The Balaban J connectivity index is 1.86. The van der Waals surface area contributed by atoms with Crippen molar-refractivity contribution in [2.24, 2.45) is 11.7 Å². The summed E-state index contributed by atoms with van der Waals surface area (Å²) < 4.78 is 1.20. The third-order valence-corrected chi connectivity index (χ3v) is 5.53. The van der Waals surface area contributed by atoms with Crippen molar-refractivity contribution < 1.29 is 0 Å². The minimum absolute atomic E-state index is 0.360. The molecule has 0 spiro atoms. The lowest BCUT2D eigenvalue weighted by molar-refractivity contribution is 0.323. The first-order valence-corrected chi connectivity index (χ1v) is 8.41. The van der Waals surface area contributed by atoms with Crippen LogP contribution in [-0.2, 0) is 6.42 Å². The molecule has 1 fully saturated rings. The zero-order chi connectivity index (χ0) is 12.1.